The zero-order chi connectivity index (χ0) is 14.9. The summed E-state index contributed by atoms with van der Waals surface area (Å²) in [5.41, 5.74) is 1.86. The van der Waals surface area contributed by atoms with E-state index in [1.54, 1.807) is 4.31 Å². The van der Waals surface area contributed by atoms with Crippen LogP contribution in [0.3, 0.4) is 0 Å². The maximum Gasteiger partial charge on any atom is 0.243 e. The maximum absolute atomic E-state index is 12.8. The van der Waals surface area contributed by atoms with Gasteiger partial charge in [0, 0.05) is 25.7 Å². The molecule has 0 spiro atoms. The van der Waals surface area contributed by atoms with Crippen LogP contribution in [-0.2, 0) is 16.6 Å². The van der Waals surface area contributed by atoms with Crippen molar-refractivity contribution in [3.05, 3.63) is 41.5 Å². The standard InChI is InChI=1S/C16H22N2O2S/c1-13-5-6-14(12-17-15-7-8-15)11-16(13)21(19,20)18-9-3-2-4-10-18/h2-3,5-6,11,15,17H,4,7-10,12H2,1H3. The highest BCUT2D eigenvalue weighted by Crippen LogP contribution is 2.24. The Balaban J connectivity index is 1.84. The molecule has 114 valence electrons. The van der Waals surface area contributed by atoms with E-state index in [0.717, 1.165) is 24.1 Å². The van der Waals surface area contributed by atoms with Crippen LogP contribution in [0.1, 0.15) is 30.4 Å². The van der Waals surface area contributed by atoms with E-state index in [-0.39, 0.29) is 0 Å². The van der Waals surface area contributed by atoms with Crippen LogP contribution in [0, 0.1) is 6.92 Å². The minimum absolute atomic E-state index is 0.452. The van der Waals surface area contributed by atoms with Gasteiger partial charge in [-0.3, -0.25) is 0 Å². The van der Waals surface area contributed by atoms with Crippen molar-refractivity contribution >= 4 is 10.0 Å². The largest absolute Gasteiger partial charge is 0.310 e. The van der Waals surface area contributed by atoms with Gasteiger partial charge in [-0.15, -0.1) is 0 Å². The first-order chi connectivity index (χ1) is 10.1. The average molecular weight is 306 g/mol. The number of nitrogens with one attached hydrogen (secondary N) is 1. The van der Waals surface area contributed by atoms with Crippen molar-refractivity contribution in [2.75, 3.05) is 13.1 Å². The number of benzene rings is 1. The van der Waals surface area contributed by atoms with E-state index in [2.05, 4.69) is 5.32 Å². The van der Waals surface area contributed by atoms with Gasteiger partial charge in [-0.1, -0.05) is 24.3 Å². The first kappa shape index (κ1) is 14.8. The lowest BCUT2D eigenvalue weighted by Gasteiger charge is -2.24. The fraction of sp³-hybridized carbons (Fsp3) is 0.500. The maximum atomic E-state index is 12.8. The van der Waals surface area contributed by atoms with Crippen molar-refractivity contribution in [2.45, 2.75) is 43.7 Å². The molecule has 0 aromatic heterocycles. The Hall–Kier alpha value is -1.17. The second-order valence-corrected chi connectivity index (χ2v) is 7.78. The van der Waals surface area contributed by atoms with Crippen molar-refractivity contribution in [3.63, 3.8) is 0 Å². The predicted octanol–water partition coefficient (Wildman–Crippen LogP) is 2.20. The Morgan fingerprint density at radius 3 is 2.76 bits per heavy atom. The van der Waals surface area contributed by atoms with E-state index >= 15 is 0 Å². The van der Waals surface area contributed by atoms with E-state index in [1.807, 2.05) is 37.3 Å². The third-order valence-electron chi connectivity index (χ3n) is 4.06. The number of nitrogens with zero attached hydrogens (tertiary/aromatic N) is 1. The summed E-state index contributed by atoms with van der Waals surface area (Å²) in [7, 11) is -3.38. The molecule has 0 saturated heterocycles. The van der Waals surface area contributed by atoms with Crippen LogP contribution in [0.15, 0.2) is 35.2 Å². The Morgan fingerprint density at radius 2 is 2.10 bits per heavy atom. The summed E-state index contributed by atoms with van der Waals surface area (Å²) in [5, 5.41) is 3.43. The van der Waals surface area contributed by atoms with Crippen LogP contribution in [0.4, 0.5) is 0 Å². The van der Waals surface area contributed by atoms with E-state index in [0.29, 0.717) is 24.0 Å². The molecule has 5 heteroatoms. The molecule has 1 saturated carbocycles. The lowest BCUT2D eigenvalue weighted by atomic mass is 10.1. The Kier molecular flexibility index (Phi) is 4.15. The highest BCUT2D eigenvalue weighted by Gasteiger charge is 2.26. The molecule has 21 heavy (non-hydrogen) atoms. The molecular weight excluding hydrogens is 284 g/mol. The molecule has 1 aliphatic carbocycles. The third-order valence-corrected chi connectivity index (χ3v) is 6.07. The molecule has 1 fully saturated rings. The second-order valence-electron chi connectivity index (χ2n) is 5.88. The molecule has 1 heterocycles. The predicted molar refractivity (Wildman–Crippen MR) is 83.6 cm³/mol. The molecule has 1 aliphatic heterocycles. The van der Waals surface area contributed by atoms with Crippen molar-refractivity contribution in [2.24, 2.45) is 0 Å². The van der Waals surface area contributed by atoms with E-state index < -0.39 is 10.0 Å². The lowest BCUT2D eigenvalue weighted by molar-refractivity contribution is 0.437. The average Bonchev–Trinajstić information content (AvgIpc) is 3.31. The minimum atomic E-state index is -3.38. The van der Waals surface area contributed by atoms with Gasteiger partial charge in [0.15, 0.2) is 0 Å². The fourth-order valence-corrected chi connectivity index (χ4v) is 4.24. The summed E-state index contributed by atoms with van der Waals surface area (Å²) in [6.45, 7) is 3.66. The highest BCUT2D eigenvalue weighted by molar-refractivity contribution is 7.89. The summed E-state index contributed by atoms with van der Waals surface area (Å²) in [4.78, 5) is 0.452. The van der Waals surface area contributed by atoms with E-state index in [9.17, 15) is 8.42 Å². The zero-order valence-corrected chi connectivity index (χ0v) is 13.2. The quantitative estimate of drug-likeness (QED) is 0.849. The highest BCUT2D eigenvalue weighted by atomic mass is 32.2. The molecular formula is C16H22N2O2S. The van der Waals surface area contributed by atoms with Crippen molar-refractivity contribution in [1.29, 1.82) is 0 Å². The summed E-state index contributed by atoms with van der Waals surface area (Å²) in [6.07, 6.45) is 7.22. The summed E-state index contributed by atoms with van der Waals surface area (Å²) >= 11 is 0. The molecule has 0 amide bonds. The molecule has 3 rings (SSSR count). The number of hydrogen-bond acceptors (Lipinski definition) is 3. The van der Waals surface area contributed by atoms with Gasteiger partial charge < -0.3 is 5.32 Å². The first-order valence-electron chi connectivity index (χ1n) is 7.55. The summed E-state index contributed by atoms with van der Waals surface area (Å²) in [6, 6.07) is 6.38. The topological polar surface area (TPSA) is 49.4 Å². The van der Waals surface area contributed by atoms with Crippen molar-refractivity contribution in [1.82, 2.24) is 9.62 Å². The van der Waals surface area contributed by atoms with Gasteiger partial charge in [0.1, 0.15) is 0 Å². The molecule has 0 atom stereocenters. The summed E-state index contributed by atoms with van der Waals surface area (Å²) < 4.78 is 27.1. The van der Waals surface area contributed by atoms with Gasteiger partial charge in [-0.05, 0) is 43.4 Å². The van der Waals surface area contributed by atoms with Crippen LogP contribution in [0.2, 0.25) is 0 Å². The SMILES string of the molecule is Cc1ccc(CNC2CC2)cc1S(=O)(=O)N1CC=CCC1. The molecule has 1 aromatic carbocycles. The molecule has 2 aliphatic rings. The Labute approximate surface area is 126 Å². The third kappa shape index (κ3) is 3.36. The zero-order valence-electron chi connectivity index (χ0n) is 12.4. The van der Waals surface area contributed by atoms with Gasteiger partial charge in [0.2, 0.25) is 10.0 Å². The van der Waals surface area contributed by atoms with Crippen LogP contribution in [0.5, 0.6) is 0 Å². The van der Waals surface area contributed by atoms with Crippen molar-refractivity contribution < 1.29 is 8.42 Å². The number of aryl methyl sites for hydroxylation is 1. The number of rotatable bonds is 5. The molecule has 0 radical (unpaired) electrons. The number of hydrogen-bond donors (Lipinski definition) is 1. The van der Waals surface area contributed by atoms with Gasteiger partial charge in [0.25, 0.3) is 0 Å². The molecule has 0 bridgehead atoms. The van der Waals surface area contributed by atoms with Gasteiger partial charge >= 0.3 is 0 Å². The smallest absolute Gasteiger partial charge is 0.243 e. The van der Waals surface area contributed by atoms with Crippen molar-refractivity contribution in [3.8, 4) is 0 Å². The van der Waals surface area contributed by atoms with Crippen LogP contribution < -0.4 is 5.32 Å². The minimum Gasteiger partial charge on any atom is -0.310 e. The first-order valence-corrected chi connectivity index (χ1v) is 8.99. The molecule has 0 unspecified atom stereocenters. The normalized spacial score (nSPS) is 19.9. The van der Waals surface area contributed by atoms with Gasteiger partial charge in [0.05, 0.1) is 4.90 Å². The van der Waals surface area contributed by atoms with Crippen LogP contribution >= 0.6 is 0 Å². The van der Waals surface area contributed by atoms with Gasteiger partial charge in [-0.2, -0.15) is 4.31 Å². The molecule has 1 aromatic rings. The lowest BCUT2D eigenvalue weighted by Crippen LogP contribution is -2.34. The van der Waals surface area contributed by atoms with E-state index in [1.165, 1.54) is 12.8 Å². The van der Waals surface area contributed by atoms with Crippen LogP contribution in [-0.4, -0.2) is 31.9 Å². The Bertz CT molecular complexity index is 648. The van der Waals surface area contributed by atoms with E-state index in [4.69, 9.17) is 0 Å². The van der Waals surface area contributed by atoms with Crippen LogP contribution in [0.25, 0.3) is 0 Å². The molecule has 4 nitrogen and oxygen atoms in total. The second kappa shape index (κ2) is 5.91. The summed E-state index contributed by atoms with van der Waals surface area (Å²) in [5.74, 6) is 0. The number of sulfonamides is 1. The Morgan fingerprint density at radius 1 is 1.29 bits per heavy atom. The molecule has 1 N–H and O–H groups in total. The fourth-order valence-electron chi connectivity index (χ4n) is 2.56. The monoisotopic (exact) mass is 306 g/mol. The van der Waals surface area contributed by atoms with Gasteiger partial charge in [-0.25, -0.2) is 8.42 Å².